The molecule has 4 rings (SSSR count). The summed E-state index contributed by atoms with van der Waals surface area (Å²) in [6.07, 6.45) is 2.80. The lowest BCUT2D eigenvalue weighted by molar-refractivity contribution is -0.123. The van der Waals surface area contributed by atoms with Gasteiger partial charge in [-0.3, -0.25) is 9.59 Å². The first kappa shape index (κ1) is 22.3. The van der Waals surface area contributed by atoms with Crippen molar-refractivity contribution < 1.29 is 9.59 Å². The van der Waals surface area contributed by atoms with Crippen LogP contribution in [0.3, 0.4) is 0 Å². The van der Waals surface area contributed by atoms with Crippen molar-refractivity contribution >= 4 is 35.0 Å². The summed E-state index contributed by atoms with van der Waals surface area (Å²) in [5, 5.41) is 10.9. The molecule has 32 heavy (non-hydrogen) atoms. The maximum atomic E-state index is 13.0. The van der Waals surface area contributed by atoms with Gasteiger partial charge in [0.1, 0.15) is 17.6 Å². The van der Waals surface area contributed by atoms with Crippen LogP contribution in [0, 0.1) is 0 Å². The number of amides is 2. The molecule has 0 radical (unpaired) electrons. The minimum absolute atomic E-state index is 0.0462. The summed E-state index contributed by atoms with van der Waals surface area (Å²) in [7, 11) is 0. The summed E-state index contributed by atoms with van der Waals surface area (Å²) in [6.45, 7) is 1.90. The van der Waals surface area contributed by atoms with E-state index in [9.17, 15) is 9.59 Å². The van der Waals surface area contributed by atoms with E-state index < -0.39 is 11.9 Å². The minimum atomic E-state index is -0.744. The monoisotopic (exact) mass is 471 g/mol. The lowest BCUT2D eigenvalue weighted by atomic mass is 10.1. The highest BCUT2D eigenvalue weighted by molar-refractivity contribution is 6.37. The summed E-state index contributed by atoms with van der Waals surface area (Å²) in [5.74, 6) is -0.259. The van der Waals surface area contributed by atoms with Gasteiger partial charge in [-0.1, -0.05) is 66.5 Å². The van der Waals surface area contributed by atoms with Gasteiger partial charge in [-0.25, -0.2) is 9.67 Å². The smallest absolute Gasteiger partial charge is 0.291 e. The number of hydrogen-bond donors (Lipinski definition) is 2. The summed E-state index contributed by atoms with van der Waals surface area (Å²) < 4.78 is 1.48. The van der Waals surface area contributed by atoms with Gasteiger partial charge in [-0.15, -0.1) is 5.10 Å². The van der Waals surface area contributed by atoms with Crippen molar-refractivity contribution in [2.75, 3.05) is 0 Å². The van der Waals surface area contributed by atoms with Gasteiger partial charge in [0.05, 0.1) is 10.0 Å². The SMILES string of the molecule is CCc1nc(C(=O)NC(Cc2ccccc2)C(=O)NC2CC2)nn1-c1c(Cl)cccc1Cl. The van der Waals surface area contributed by atoms with Crippen LogP contribution in [0.25, 0.3) is 5.69 Å². The van der Waals surface area contributed by atoms with Crippen molar-refractivity contribution in [1.29, 1.82) is 0 Å². The Morgan fingerprint density at radius 2 is 1.78 bits per heavy atom. The first-order valence-corrected chi connectivity index (χ1v) is 11.3. The molecular formula is C23H23Cl2N5O2. The maximum Gasteiger partial charge on any atom is 0.291 e. The summed E-state index contributed by atoms with van der Waals surface area (Å²) in [4.78, 5) is 30.2. The second-order valence-electron chi connectivity index (χ2n) is 7.69. The van der Waals surface area contributed by atoms with E-state index in [0.717, 1.165) is 18.4 Å². The summed E-state index contributed by atoms with van der Waals surface area (Å²) >= 11 is 12.7. The molecule has 2 N–H and O–H groups in total. The number of benzene rings is 2. The average molecular weight is 472 g/mol. The van der Waals surface area contributed by atoms with Gasteiger partial charge in [0.15, 0.2) is 0 Å². The highest BCUT2D eigenvalue weighted by atomic mass is 35.5. The lowest BCUT2D eigenvalue weighted by Gasteiger charge is -2.17. The molecule has 0 spiro atoms. The van der Waals surface area contributed by atoms with Crippen molar-refractivity contribution in [2.45, 2.75) is 44.7 Å². The lowest BCUT2D eigenvalue weighted by Crippen LogP contribution is -2.48. The molecule has 2 aromatic carbocycles. The molecule has 0 aliphatic heterocycles. The molecule has 1 saturated carbocycles. The second-order valence-corrected chi connectivity index (χ2v) is 8.50. The largest absolute Gasteiger partial charge is 0.352 e. The molecule has 0 saturated heterocycles. The van der Waals surface area contributed by atoms with Gasteiger partial charge in [-0.05, 0) is 30.5 Å². The van der Waals surface area contributed by atoms with Crippen LogP contribution in [0.5, 0.6) is 0 Å². The van der Waals surface area contributed by atoms with Crippen LogP contribution in [-0.2, 0) is 17.6 Å². The van der Waals surface area contributed by atoms with E-state index in [-0.39, 0.29) is 17.8 Å². The fourth-order valence-corrected chi connectivity index (χ4v) is 3.91. The Morgan fingerprint density at radius 3 is 2.41 bits per heavy atom. The Bertz CT molecular complexity index is 1110. The average Bonchev–Trinajstić information content (AvgIpc) is 3.49. The molecule has 2 amide bonds. The normalized spacial score (nSPS) is 14.1. The van der Waals surface area contributed by atoms with Gasteiger partial charge in [0.2, 0.25) is 11.7 Å². The number of carbonyl (C=O) groups excluding carboxylic acids is 2. The van der Waals surface area contributed by atoms with Gasteiger partial charge in [0.25, 0.3) is 5.91 Å². The van der Waals surface area contributed by atoms with E-state index >= 15 is 0 Å². The molecule has 1 heterocycles. The number of halogens is 2. The van der Waals surface area contributed by atoms with Crippen molar-refractivity contribution in [2.24, 2.45) is 0 Å². The number of hydrogen-bond acceptors (Lipinski definition) is 4. The van der Waals surface area contributed by atoms with Crippen LogP contribution >= 0.6 is 23.2 Å². The Hall–Kier alpha value is -2.90. The molecule has 1 atom stereocenters. The zero-order chi connectivity index (χ0) is 22.7. The Morgan fingerprint density at radius 1 is 1.09 bits per heavy atom. The van der Waals surface area contributed by atoms with E-state index in [1.165, 1.54) is 4.68 Å². The third-order valence-electron chi connectivity index (χ3n) is 5.17. The van der Waals surface area contributed by atoms with E-state index in [1.807, 2.05) is 37.3 Å². The number of para-hydroxylation sites is 1. The van der Waals surface area contributed by atoms with E-state index in [1.54, 1.807) is 18.2 Å². The molecule has 1 fully saturated rings. The maximum absolute atomic E-state index is 13.0. The highest BCUT2D eigenvalue weighted by Gasteiger charge is 2.30. The summed E-state index contributed by atoms with van der Waals surface area (Å²) in [5.41, 5.74) is 1.41. The second kappa shape index (κ2) is 9.71. The quantitative estimate of drug-likeness (QED) is 0.523. The zero-order valence-corrected chi connectivity index (χ0v) is 19.0. The first-order chi connectivity index (χ1) is 15.5. The fraction of sp³-hybridized carbons (Fsp3) is 0.304. The Labute approximate surface area is 196 Å². The predicted molar refractivity (Wildman–Crippen MR) is 123 cm³/mol. The Balaban J connectivity index is 1.59. The minimum Gasteiger partial charge on any atom is -0.352 e. The number of carbonyl (C=O) groups is 2. The van der Waals surface area contributed by atoms with Gasteiger partial charge in [-0.2, -0.15) is 0 Å². The molecule has 0 bridgehead atoms. The van der Waals surface area contributed by atoms with E-state index in [0.29, 0.717) is 34.4 Å². The van der Waals surface area contributed by atoms with Gasteiger partial charge in [0, 0.05) is 18.9 Å². The van der Waals surface area contributed by atoms with Gasteiger partial charge < -0.3 is 10.6 Å². The van der Waals surface area contributed by atoms with E-state index in [4.69, 9.17) is 23.2 Å². The van der Waals surface area contributed by atoms with Crippen molar-refractivity contribution in [3.63, 3.8) is 0 Å². The standard InChI is InChI=1S/C23H23Cl2N5O2/c1-2-19-28-21(29-30(19)20-16(24)9-6-10-17(20)25)23(32)27-18(22(31)26-15-11-12-15)13-14-7-4-3-5-8-14/h3-10,15,18H,2,11-13H2,1H3,(H,26,31)(H,27,32). The number of aryl methyl sites for hydroxylation is 1. The molecule has 3 aromatic rings. The van der Waals surface area contributed by atoms with Crippen molar-refractivity contribution in [3.8, 4) is 5.69 Å². The zero-order valence-electron chi connectivity index (χ0n) is 17.5. The molecule has 1 aliphatic rings. The number of rotatable bonds is 8. The molecule has 1 aromatic heterocycles. The van der Waals surface area contributed by atoms with Crippen LogP contribution in [0.1, 0.15) is 41.8 Å². The van der Waals surface area contributed by atoms with Crippen LogP contribution < -0.4 is 10.6 Å². The third-order valence-corrected chi connectivity index (χ3v) is 5.78. The molecular weight excluding hydrogens is 449 g/mol. The first-order valence-electron chi connectivity index (χ1n) is 10.5. The molecule has 166 valence electrons. The number of nitrogens with zero attached hydrogens (tertiary/aromatic N) is 3. The van der Waals surface area contributed by atoms with Crippen LogP contribution in [-0.4, -0.2) is 38.7 Å². The van der Waals surface area contributed by atoms with Crippen LogP contribution in [0.4, 0.5) is 0 Å². The summed E-state index contributed by atoms with van der Waals surface area (Å²) in [6, 6.07) is 14.1. The Kier molecular flexibility index (Phi) is 6.77. The molecule has 9 heteroatoms. The number of aromatic nitrogens is 3. The molecule has 7 nitrogen and oxygen atoms in total. The van der Waals surface area contributed by atoms with Gasteiger partial charge >= 0.3 is 0 Å². The fourth-order valence-electron chi connectivity index (χ4n) is 3.35. The van der Waals surface area contributed by atoms with Crippen molar-refractivity contribution in [1.82, 2.24) is 25.4 Å². The molecule has 1 aliphatic carbocycles. The highest BCUT2D eigenvalue weighted by Crippen LogP contribution is 2.28. The topological polar surface area (TPSA) is 88.9 Å². The molecule has 1 unspecified atom stereocenters. The van der Waals surface area contributed by atoms with Crippen LogP contribution in [0.2, 0.25) is 10.0 Å². The van der Waals surface area contributed by atoms with E-state index in [2.05, 4.69) is 20.7 Å². The predicted octanol–water partition coefficient (Wildman–Crippen LogP) is 3.76. The van der Waals surface area contributed by atoms with Crippen molar-refractivity contribution in [3.05, 3.63) is 75.8 Å². The van der Waals surface area contributed by atoms with Crippen LogP contribution in [0.15, 0.2) is 48.5 Å². The third kappa shape index (κ3) is 5.11. The number of nitrogens with one attached hydrogen (secondary N) is 2.